The molecule has 0 amide bonds. The summed E-state index contributed by atoms with van der Waals surface area (Å²) in [5.41, 5.74) is 3.73. The number of thiocarbonyl (C=S) groups is 1. The maximum Gasteiger partial charge on any atom is 0.340 e. The van der Waals surface area contributed by atoms with Crippen LogP contribution in [0.5, 0.6) is 0 Å². The Labute approximate surface area is 168 Å². The number of carbonyl (C=O) groups is 1. The van der Waals surface area contributed by atoms with Crippen molar-refractivity contribution in [1.82, 2.24) is 0 Å². The molecule has 0 aliphatic rings. The molecule has 27 heavy (non-hydrogen) atoms. The maximum atomic E-state index is 12.2. The van der Waals surface area contributed by atoms with Gasteiger partial charge < -0.3 is 15.4 Å². The Hall–Kier alpha value is -2.70. The van der Waals surface area contributed by atoms with E-state index in [0.717, 1.165) is 17.0 Å². The molecular weight excluding hydrogens is 376 g/mol. The van der Waals surface area contributed by atoms with Gasteiger partial charge in [0.15, 0.2) is 5.11 Å². The van der Waals surface area contributed by atoms with Gasteiger partial charge in [-0.1, -0.05) is 48.0 Å². The number of aryl methyl sites for hydroxylation is 1. The van der Waals surface area contributed by atoms with E-state index in [9.17, 15) is 4.79 Å². The van der Waals surface area contributed by atoms with Crippen molar-refractivity contribution in [2.75, 3.05) is 17.7 Å². The number of anilines is 2. The van der Waals surface area contributed by atoms with E-state index >= 15 is 0 Å². The highest BCUT2D eigenvalue weighted by Crippen LogP contribution is 2.30. The molecule has 4 nitrogen and oxygen atoms in total. The molecule has 6 heteroatoms. The van der Waals surface area contributed by atoms with Gasteiger partial charge in [0.05, 0.1) is 12.7 Å². The van der Waals surface area contributed by atoms with Crippen molar-refractivity contribution in [3.63, 3.8) is 0 Å². The molecule has 1 aromatic heterocycles. The van der Waals surface area contributed by atoms with Crippen molar-refractivity contribution in [2.24, 2.45) is 0 Å². The molecule has 0 unspecified atom stereocenters. The average Bonchev–Trinajstić information content (AvgIpc) is 3.05. The van der Waals surface area contributed by atoms with Crippen molar-refractivity contribution in [1.29, 1.82) is 0 Å². The molecule has 138 valence electrons. The number of hydrogen-bond acceptors (Lipinski definition) is 4. The van der Waals surface area contributed by atoms with Gasteiger partial charge in [0.1, 0.15) is 5.00 Å². The Kier molecular flexibility index (Phi) is 6.21. The summed E-state index contributed by atoms with van der Waals surface area (Å²) < 4.78 is 4.92. The first-order valence-electron chi connectivity index (χ1n) is 8.45. The first-order valence-corrected chi connectivity index (χ1v) is 9.67. The highest BCUT2D eigenvalue weighted by atomic mass is 32.1. The van der Waals surface area contributed by atoms with Gasteiger partial charge in [0.2, 0.25) is 0 Å². The van der Waals surface area contributed by atoms with Crippen LogP contribution in [0.4, 0.5) is 10.7 Å². The number of nitrogens with one attached hydrogen (secondary N) is 2. The van der Waals surface area contributed by atoms with Crippen molar-refractivity contribution in [2.45, 2.75) is 13.3 Å². The van der Waals surface area contributed by atoms with Gasteiger partial charge in [-0.3, -0.25) is 0 Å². The zero-order valence-corrected chi connectivity index (χ0v) is 16.7. The lowest BCUT2D eigenvalue weighted by Gasteiger charge is -2.10. The molecule has 0 saturated heterocycles. The predicted molar refractivity (Wildman–Crippen MR) is 116 cm³/mol. The van der Waals surface area contributed by atoms with E-state index in [-0.39, 0.29) is 5.97 Å². The molecule has 0 aliphatic heterocycles. The molecule has 3 rings (SSSR count). The summed E-state index contributed by atoms with van der Waals surface area (Å²) in [6, 6.07) is 19.9. The number of esters is 1. The summed E-state index contributed by atoms with van der Waals surface area (Å²) >= 11 is 6.90. The quantitative estimate of drug-likeness (QED) is 0.456. The molecule has 0 atom stereocenters. The number of rotatable bonds is 5. The molecule has 1 heterocycles. The fraction of sp³-hybridized carbons (Fsp3) is 0.143. The second-order valence-electron chi connectivity index (χ2n) is 6.05. The Bertz CT molecular complexity index is 935. The van der Waals surface area contributed by atoms with Crippen LogP contribution in [0.15, 0.2) is 60.7 Å². The highest BCUT2D eigenvalue weighted by molar-refractivity contribution is 7.80. The van der Waals surface area contributed by atoms with Crippen LogP contribution in [0, 0.1) is 6.92 Å². The number of thiophene rings is 1. The van der Waals surface area contributed by atoms with E-state index in [1.165, 1.54) is 29.6 Å². The van der Waals surface area contributed by atoms with E-state index in [4.69, 9.17) is 17.0 Å². The number of benzene rings is 2. The molecule has 2 N–H and O–H groups in total. The third-order valence-electron chi connectivity index (χ3n) is 3.95. The normalized spacial score (nSPS) is 10.3. The van der Waals surface area contributed by atoms with E-state index in [1.807, 2.05) is 55.5 Å². The van der Waals surface area contributed by atoms with Crippen LogP contribution in [0.3, 0.4) is 0 Å². The van der Waals surface area contributed by atoms with E-state index < -0.39 is 0 Å². The minimum atomic E-state index is -0.383. The molecule has 0 aliphatic carbocycles. The first-order chi connectivity index (χ1) is 13.0. The lowest BCUT2D eigenvalue weighted by atomic mass is 10.1. The fourth-order valence-electron chi connectivity index (χ4n) is 2.58. The van der Waals surface area contributed by atoms with Gasteiger partial charge in [0, 0.05) is 17.0 Å². The van der Waals surface area contributed by atoms with Crippen molar-refractivity contribution < 1.29 is 9.53 Å². The Balaban J connectivity index is 1.77. The van der Waals surface area contributed by atoms with Gasteiger partial charge in [0.25, 0.3) is 0 Å². The molecule has 3 aromatic rings. The maximum absolute atomic E-state index is 12.2. The average molecular weight is 397 g/mol. The Morgan fingerprint density at radius 1 is 1.07 bits per heavy atom. The molecule has 0 fully saturated rings. The van der Waals surface area contributed by atoms with Gasteiger partial charge in [-0.2, -0.15) is 0 Å². The summed E-state index contributed by atoms with van der Waals surface area (Å²) in [6.07, 6.45) is 0.745. The second kappa shape index (κ2) is 8.79. The lowest BCUT2D eigenvalue weighted by Crippen LogP contribution is -2.19. The van der Waals surface area contributed by atoms with Gasteiger partial charge >= 0.3 is 5.97 Å². The number of ether oxygens (including phenoxy) is 1. The second-order valence-corrected chi connectivity index (χ2v) is 7.60. The van der Waals surface area contributed by atoms with Gasteiger partial charge in [-0.25, -0.2) is 4.79 Å². The number of methoxy groups -OCH3 is 1. The molecule has 0 bridgehead atoms. The largest absolute Gasteiger partial charge is 0.465 e. The Morgan fingerprint density at radius 2 is 1.78 bits per heavy atom. The van der Waals surface area contributed by atoms with Gasteiger partial charge in [-0.15, -0.1) is 11.3 Å². The fourth-order valence-corrected chi connectivity index (χ4v) is 3.95. The van der Waals surface area contributed by atoms with Crippen molar-refractivity contribution in [3.8, 4) is 0 Å². The van der Waals surface area contributed by atoms with Crippen LogP contribution < -0.4 is 10.6 Å². The third kappa shape index (κ3) is 5.15. The van der Waals surface area contributed by atoms with Crippen LogP contribution >= 0.6 is 23.6 Å². The van der Waals surface area contributed by atoms with E-state index in [0.29, 0.717) is 15.7 Å². The topological polar surface area (TPSA) is 50.4 Å². The molecule has 0 saturated carbocycles. The summed E-state index contributed by atoms with van der Waals surface area (Å²) in [5.74, 6) is -0.383. The number of carbonyl (C=O) groups excluding carboxylic acids is 1. The minimum Gasteiger partial charge on any atom is -0.465 e. The zero-order valence-electron chi connectivity index (χ0n) is 15.1. The summed E-state index contributed by atoms with van der Waals surface area (Å²) in [6.45, 7) is 2.03. The highest BCUT2D eigenvalue weighted by Gasteiger charge is 2.18. The first kappa shape index (κ1) is 19.1. The van der Waals surface area contributed by atoms with Crippen molar-refractivity contribution in [3.05, 3.63) is 82.2 Å². The molecule has 0 spiro atoms. The van der Waals surface area contributed by atoms with Crippen LogP contribution in [0.2, 0.25) is 0 Å². The lowest BCUT2D eigenvalue weighted by molar-refractivity contribution is 0.0602. The zero-order chi connectivity index (χ0) is 19.2. The SMILES string of the molecule is COC(=O)c1cc(Cc2ccccc2)sc1NC(=S)Nc1ccc(C)cc1. The summed E-state index contributed by atoms with van der Waals surface area (Å²) in [5, 5.41) is 7.37. The monoisotopic (exact) mass is 396 g/mol. The smallest absolute Gasteiger partial charge is 0.340 e. The Morgan fingerprint density at radius 3 is 2.44 bits per heavy atom. The van der Waals surface area contributed by atoms with Crippen LogP contribution in [0.1, 0.15) is 26.4 Å². The van der Waals surface area contributed by atoms with Crippen LogP contribution in [-0.2, 0) is 11.2 Å². The van der Waals surface area contributed by atoms with Crippen LogP contribution in [-0.4, -0.2) is 18.2 Å². The standard InChI is InChI=1S/C21H20N2O2S2/c1-14-8-10-16(11-9-14)22-21(26)23-19-18(20(24)25-2)13-17(27-19)12-15-6-4-3-5-7-15/h3-11,13H,12H2,1-2H3,(H2,22,23,26). The van der Waals surface area contributed by atoms with E-state index in [1.54, 1.807) is 0 Å². The molecular formula is C21H20N2O2S2. The minimum absolute atomic E-state index is 0.383. The molecule has 2 aromatic carbocycles. The van der Waals surface area contributed by atoms with E-state index in [2.05, 4.69) is 22.8 Å². The predicted octanol–water partition coefficient (Wildman–Crippen LogP) is 5.24. The van der Waals surface area contributed by atoms with Crippen LogP contribution in [0.25, 0.3) is 0 Å². The van der Waals surface area contributed by atoms with Crippen molar-refractivity contribution >= 4 is 45.3 Å². The number of hydrogen-bond donors (Lipinski definition) is 2. The summed E-state index contributed by atoms with van der Waals surface area (Å²) in [4.78, 5) is 13.2. The van der Waals surface area contributed by atoms with Gasteiger partial charge in [-0.05, 0) is 42.9 Å². The summed E-state index contributed by atoms with van der Waals surface area (Å²) in [7, 11) is 1.38. The molecule has 0 radical (unpaired) electrons. The third-order valence-corrected chi connectivity index (χ3v) is 5.20.